The highest BCUT2D eigenvalue weighted by molar-refractivity contribution is 5.80. The van der Waals surface area contributed by atoms with Crippen LogP contribution in [0.3, 0.4) is 0 Å². The molecular weight excluding hydrogens is 278 g/mol. The summed E-state index contributed by atoms with van der Waals surface area (Å²) < 4.78 is 0. The third kappa shape index (κ3) is 3.49. The van der Waals surface area contributed by atoms with E-state index in [4.69, 9.17) is 5.11 Å². The van der Waals surface area contributed by atoms with Crippen LogP contribution in [0, 0.1) is 17.8 Å². The summed E-state index contributed by atoms with van der Waals surface area (Å²) in [5.74, 6) is -0.711. The predicted molar refractivity (Wildman–Crippen MR) is 83.1 cm³/mol. The van der Waals surface area contributed by atoms with Gasteiger partial charge in [-0.25, -0.2) is 0 Å². The second-order valence-corrected chi connectivity index (χ2v) is 6.63. The normalized spacial score (nSPS) is 26.2. The lowest BCUT2D eigenvalue weighted by Crippen LogP contribution is -2.38. The molecule has 3 rings (SSSR count). The molecule has 2 fully saturated rings. The number of carboxylic acid groups (broad SMARTS) is 1. The maximum Gasteiger partial charge on any atom is 0.306 e. The van der Waals surface area contributed by atoms with Gasteiger partial charge in [-0.3, -0.25) is 9.59 Å². The van der Waals surface area contributed by atoms with Gasteiger partial charge < -0.3 is 10.4 Å². The molecule has 0 aromatic heterocycles. The lowest BCUT2D eigenvalue weighted by molar-refractivity contribution is -0.144. The number of carbonyl (C=O) groups excluding carboxylic acids is 1. The van der Waals surface area contributed by atoms with E-state index in [1.165, 1.54) is 0 Å². The van der Waals surface area contributed by atoms with Crippen molar-refractivity contribution >= 4 is 11.9 Å². The summed E-state index contributed by atoms with van der Waals surface area (Å²) in [6, 6.07) is 10.2. The Morgan fingerprint density at radius 1 is 1.05 bits per heavy atom. The maximum absolute atomic E-state index is 12.6. The molecule has 0 spiro atoms. The van der Waals surface area contributed by atoms with Gasteiger partial charge in [0, 0.05) is 5.92 Å². The third-order valence-corrected chi connectivity index (χ3v) is 4.94. The Morgan fingerprint density at radius 2 is 1.73 bits per heavy atom. The lowest BCUT2D eigenvalue weighted by atomic mass is 9.81. The first-order chi connectivity index (χ1) is 10.6. The van der Waals surface area contributed by atoms with E-state index in [0.717, 1.165) is 31.2 Å². The zero-order valence-electron chi connectivity index (χ0n) is 12.7. The molecular formula is C18H23NO3. The molecule has 0 aliphatic heterocycles. The van der Waals surface area contributed by atoms with E-state index >= 15 is 0 Å². The van der Waals surface area contributed by atoms with Crippen LogP contribution in [0.2, 0.25) is 0 Å². The Labute approximate surface area is 130 Å². The van der Waals surface area contributed by atoms with Crippen LogP contribution in [-0.4, -0.2) is 17.0 Å². The van der Waals surface area contributed by atoms with Crippen LogP contribution >= 0.6 is 0 Å². The van der Waals surface area contributed by atoms with E-state index < -0.39 is 5.97 Å². The van der Waals surface area contributed by atoms with Crippen molar-refractivity contribution in [2.75, 3.05) is 0 Å². The molecule has 4 nitrogen and oxygen atoms in total. The van der Waals surface area contributed by atoms with E-state index in [1.54, 1.807) is 0 Å². The summed E-state index contributed by atoms with van der Waals surface area (Å²) in [6.45, 7) is 0. The topological polar surface area (TPSA) is 66.4 Å². The Bertz CT molecular complexity index is 539. The van der Waals surface area contributed by atoms with Gasteiger partial charge in [-0.2, -0.15) is 0 Å². The van der Waals surface area contributed by atoms with E-state index in [0.29, 0.717) is 18.8 Å². The molecule has 4 heteroatoms. The summed E-state index contributed by atoms with van der Waals surface area (Å²) in [5, 5.41) is 12.4. The zero-order chi connectivity index (χ0) is 15.5. The fourth-order valence-electron chi connectivity index (χ4n) is 3.49. The van der Waals surface area contributed by atoms with Gasteiger partial charge in [0.2, 0.25) is 5.91 Å². The van der Waals surface area contributed by atoms with Crippen LogP contribution in [0.25, 0.3) is 0 Å². The molecule has 1 amide bonds. The molecule has 2 aliphatic carbocycles. The van der Waals surface area contributed by atoms with E-state index in [9.17, 15) is 9.59 Å². The second-order valence-electron chi connectivity index (χ2n) is 6.63. The first-order valence-electron chi connectivity index (χ1n) is 8.23. The minimum absolute atomic E-state index is 0.0340. The summed E-state index contributed by atoms with van der Waals surface area (Å²) in [5.41, 5.74) is 1.16. The zero-order valence-corrected chi connectivity index (χ0v) is 12.7. The monoisotopic (exact) mass is 301 g/mol. The Balaban J connectivity index is 1.65. The Morgan fingerprint density at radius 3 is 2.36 bits per heavy atom. The van der Waals surface area contributed by atoms with Crippen LogP contribution < -0.4 is 5.32 Å². The summed E-state index contributed by atoms with van der Waals surface area (Å²) in [6.07, 6.45) is 5.12. The number of nitrogens with one attached hydrogen (secondary N) is 1. The van der Waals surface area contributed by atoms with Gasteiger partial charge in [0.25, 0.3) is 0 Å². The third-order valence-electron chi connectivity index (χ3n) is 4.94. The molecule has 1 aromatic carbocycles. The Hall–Kier alpha value is -1.84. The van der Waals surface area contributed by atoms with Crippen LogP contribution in [0.15, 0.2) is 30.3 Å². The van der Waals surface area contributed by atoms with Crippen molar-refractivity contribution in [2.45, 2.75) is 44.6 Å². The number of carboxylic acids is 1. The molecule has 1 aromatic rings. The fourth-order valence-corrected chi connectivity index (χ4v) is 3.49. The van der Waals surface area contributed by atoms with E-state index in [-0.39, 0.29) is 23.8 Å². The molecule has 0 saturated heterocycles. The molecule has 2 N–H and O–H groups in total. The molecule has 118 valence electrons. The molecule has 3 atom stereocenters. The number of hydrogen-bond acceptors (Lipinski definition) is 2. The lowest BCUT2D eigenvalue weighted by Gasteiger charge is -2.28. The van der Waals surface area contributed by atoms with Crippen molar-refractivity contribution in [3.63, 3.8) is 0 Å². The number of aliphatic carboxylic acids is 1. The number of carbonyl (C=O) groups is 2. The van der Waals surface area contributed by atoms with Gasteiger partial charge >= 0.3 is 5.97 Å². The van der Waals surface area contributed by atoms with Crippen LogP contribution in [-0.2, 0) is 9.59 Å². The SMILES string of the molecule is O=C(O)C1CCCC(C(=O)NC(c2ccccc2)C2CC2)C1. The second kappa shape index (κ2) is 6.51. The average Bonchev–Trinajstić information content (AvgIpc) is 3.38. The molecule has 0 radical (unpaired) electrons. The maximum atomic E-state index is 12.6. The Kier molecular flexibility index (Phi) is 4.46. The van der Waals surface area contributed by atoms with Crippen molar-refractivity contribution in [3.05, 3.63) is 35.9 Å². The first-order valence-corrected chi connectivity index (χ1v) is 8.23. The number of benzene rings is 1. The quantitative estimate of drug-likeness (QED) is 0.878. The van der Waals surface area contributed by atoms with Gasteiger partial charge in [0.1, 0.15) is 0 Å². The molecule has 22 heavy (non-hydrogen) atoms. The molecule has 2 aliphatic rings. The van der Waals surface area contributed by atoms with Gasteiger partial charge in [-0.05, 0) is 43.6 Å². The average molecular weight is 301 g/mol. The fraction of sp³-hybridized carbons (Fsp3) is 0.556. The smallest absolute Gasteiger partial charge is 0.306 e. The van der Waals surface area contributed by atoms with Gasteiger partial charge in [-0.15, -0.1) is 0 Å². The standard InChI is InChI=1S/C18H23NO3/c20-17(14-7-4-8-15(11-14)18(21)22)19-16(13-9-10-13)12-5-2-1-3-6-12/h1-3,5-6,13-16H,4,7-11H2,(H,19,20)(H,21,22). The number of rotatable bonds is 5. The number of hydrogen-bond donors (Lipinski definition) is 2. The predicted octanol–water partition coefficient (Wildman–Crippen LogP) is 3.14. The highest BCUT2D eigenvalue weighted by atomic mass is 16.4. The van der Waals surface area contributed by atoms with Gasteiger partial charge in [0.05, 0.1) is 12.0 Å². The minimum Gasteiger partial charge on any atom is -0.481 e. The van der Waals surface area contributed by atoms with Crippen molar-refractivity contribution in [2.24, 2.45) is 17.8 Å². The van der Waals surface area contributed by atoms with Crippen LogP contribution in [0.5, 0.6) is 0 Å². The summed E-state index contributed by atoms with van der Waals surface area (Å²) in [4.78, 5) is 23.7. The van der Waals surface area contributed by atoms with Gasteiger partial charge in [0.15, 0.2) is 0 Å². The molecule has 3 unspecified atom stereocenters. The highest BCUT2D eigenvalue weighted by Crippen LogP contribution is 2.41. The van der Waals surface area contributed by atoms with E-state index in [2.05, 4.69) is 17.4 Å². The molecule has 0 heterocycles. The van der Waals surface area contributed by atoms with Crippen LogP contribution in [0.4, 0.5) is 0 Å². The highest BCUT2D eigenvalue weighted by Gasteiger charge is 2.36. The summed E-state index contributed by atoms with van der Waals surface area (Å²) in [7, 11) is 0. The van der Waals surface area contributed by atoms with E-state index in [1.807, 2.05) is 18.2 Å². The van der Waals surface area contributed by atoms with Crippen molar-refractivity contribution < 1.29 is 14.7 Å². The summed E-state index contributed by atoms with van der Waals surface area (Å²) >= 11 is 0. The largest absolute Gasteiger partial charge is 0.481 e. The van der Waals surface area contributed by atoms with Crippen LogP contribution in [0.1, 0.15) is 50.1 Å². The number of amides is 1. The van der Waals surface area contributed by atoms with Crippen molar-refractivity contribution in [3.8, 4) is 0 Å². The minimum atomic E-state index is -0.765. The van der Waals surface area contributed by atoms with Crippen molar-refractivity contribution in [1.82, 2.24) is 5.32 Å². The van der Waals surface area contributed by atoms with Crippen molar-refractivity contribution in [1.29, 1.82) is 0 Å². The first kappa shape index (κ1) is 15.1. The van der Waals surface area contributed by atoms with Gasteiger partial charge in [-0.1, -0.05) is 36.8 Å². The molecule has 2 saturated carbocycles. The molecule has 0 bridgehead atoms.